The topological polar surface area (TPSA) is 47.0 Å². The van der Waals surface area contributed by atoms with Gasteiger partial charge in [0.25, 0.3) is 0 Å². The number of pyridine rings is 1. The number of aromatic nitrogens is 1. The summed E-state index contributed by atoms with van der Waals surface area (Å²) in [6, 6.07) is 10.6. The molecule has 1 heterocycles. The molecule has 0 saturated heterocycles. The van der Waals surface area contributed by atoms with Gasteiger partial charge in [-0.15, -0.1) is 0 Å². The van der Waals surface area contributed by atoms with Crippen LogP contribution in [0.5, 0.6) is 0 Å². The number of sulfone groups is 1. The van der Waals surface area contributed by atoms with Crippen molar-refractivity contribution in [1.29, 1.82) is 0 Å². The van der Waals surface area contributed by atoms with Gasteiger partial charge < -0.3 is 0 Å². The number of rotatable bonds is 2. The van der Waals surface area contributed by atoms with Gasteiger partial charge in [0.1, 0.15) is 0 Å². The highest BCUT2D eigenvalue weighted by Crippen LogP contribution is 2.19. The van der Waals surface area contributed by atoms with E-state index in [1.165, 1.54) is 6.26 Å². The third-order valence-electron chi connectivity index (χ3n) is 2.28. The molecule has 0 spiro atoms. The van der Waals surface area contributed by atoms with Crippen LogP contribution in [0.2, 0.25) is 0 Å². The van der Waals surface area contributed by atoms with Crippen molar-refractivity contribution in [1.82, 2.24) is 4.98 Å². The SMILES string of the molecule is CS(=O)(=O)c1ccc(-c2cccnc2)cc1. The average Bonchev–Trinajstić information content (AvgIpc) is 2.29. The molecule has 0 unspecified atom stereocenters. The second kappa shape index (κ2) is 4.06. The van der Waals surface area contributed by atoms with E-state index in [2.05, 4.69) is 4.98 Å². The van der Waals surface area contributed by atoms with Crippen LogP contribution in [-0.2, 0) is 9.84 Å². The van der Waals surface area contributed by atoms with Crippen molar-refractivity contribution in [3.05, 3.63) is 48.8 Å². The van der Waals surface area contributed by atoms with Crippen molar-refractivity contribution < 1.29 is 8.42 Å². The Labute approximate surface area is 94.7 Å². The summed E-state index contributed by atoms with van der Waals surface area (Å²) in [6.45, 7) is 0. The predicted octanol–water partition coefficient (Wildman–Crippen LogP) is 2.15. The second-order valence-electron chi connectivity index (χ2n) is 3.54. The summed E-state index contributed by atoms with van der Waals surface area (Å²) < 4.78 is 22.5. The van der Waals surface area contributed by atoms with Crippen molar-refractivity contribution >= 4 is 9.84 Å². The van der Waals surface area contributed by atoms with Crippen LogP contribution in [0.25, 0.3) is 11.1 Å². The minimum absolute atomic E-state index is 0.333. The number of hydrogen-bond donors (Lipinski definition) is 0. The fourth-order valence-corrected chi connectivity index (χ4v) is 2.06. The fourth-order valence-electron chi connectivity index (χ4n) is 1.43. The first-order valence-electron chi connectivity index (χ1n) is 4.78. The molecule has 82 valence electrons. The van der Waals surface area contributed by atoms with Crippen molar-refractivity contribution in [2.75, 3.05) is 6.26 Å². The van der Waals surface area contributed by atoms with Crippen molar-refractivity contribution in [2.45, 2.75) is 4.90 Å². The Hall–Kier alpha value is -1.68. The largest absolute Gasteiger partial charge is 0.264 e. The lowest BCUT2D eigenvalue weighted by Gasteiger charge is -2.02. The van der Waals surface area contributed by atoms with E-state index in [0.717, 1.165) is 11.1 Å². The molecule has 0 saturated carbocycles. The quantitative estimate of drug-likeness (QED) is 0.798. The van der Waals surface area contributed by atoms with Crippen molar-refractivity contribution in [3.8, 4) is 11.1 Å². The molecule has 0 radical (unpaired) electrons. The molecule has 1 aromatic heterocycles. The Morgan fingerprint density at radius 1 is 1.00 bits per heavy atom. The maximum Gasteiger partial charge on any atom is 0.175 e. The Bertz CT molecular complexity index is 574. The molecule has 2 aromatic rings. The predicted molar refractivity (Wildman–Crippen MR) is 62.8 cm³/mol. The summed E-state index contributed by atoms with van der Waals surface area (Å²) in [7, 11) is -3.12. The molecule has 1 aromatic carbocycles. The zero-order valence-corrected chi connectivity index (χ0v) is 9.61. The highest BCUT2D eigenvalue weighted by atomic mass is 32.2. The Balaban J connectivity index is 2.41. The zero-order valence-electron chi connectivity index (χ0n) is 8.79. The minimum Gasteiger partial charge on any atom is -0.264 e. The first kappa shape index (κ1) is 10.8. The van der Waals surface area contributed by atoms with E-state index in [1.807, 2.05) is 12.1 Å². The van der Waals surface area contributed by atoms with E-state index in [1.54, 1.807) is 36.7 Å². The Morgan fingerprint density at radius 3 is 2.19 bits per heavy atom. The van der Waals surface area contributed by atoms with Gasteiger partial charge in [-0.2, -0.15) is 0 Å². The van der Waals surface area contributed by atoms with Crippen LogP contribution in [-0.4, -0.2) is 19.7 Å². The van der Waals surface area contributed by atoms with Crippen LogP contribution in [0.1, 0.15) is 0 Å². The highest BCUT2D eigenvalue weighted by molar-refractivity contribution is 7.90. The highest BCUT2D eigenvalue weighted by Gasteiger charge is 2.06. The fraction of sp³-hybridized carbons (Fsp3) is 0.0833. The molecule has 0 fully saturated rings. The van der Waals surface area contributed by atoms with Crippen LogP contribution >= 0.6 is 0 Å². The van der Waals surface area contributed by atoms with Crippen LogP contribution in [0.4, 0.5) is 0 Å². The summed E-state index contributed by atoms with van der Waals surface area (Å²) >= 11 is 0. The molecule has 0 aliphatic heterocycles. The van der Waals surface area contributed by atoms with Crippen LogP contribution < -0.4 is 0 Å². The molecular weight excluding hydrogens is 222 g/mol. The standard InChI is InChI=1S/C12H11NO2S/c1-16(14,15)12-6-4-10(5-7-12)11-3-2-8-13-9-11/h2-9H,1H3. The van der Waals surface area contributed by atoms with Gasteiger partial charge >= 0.3 is 0 Å². The van der Waals surface area contributed by atoms with Crippen LogP contribution in [0.15, 0.2) is 53.7 Å². The van der Waals surface area contributed by atoms with Crippen LogP contribution in [0.3, 0.4) is 0 Å². The van der Waals surface area contributed by atoms with E-state index in [9.17, 15) is 8.42 Å². The molecule has 0 aliphatic carbocycles. The molecule has 3 nitrogen and oxygen atoms in total. The molecule has 0 atom stereocenters. The minimum atomic E-state index is -3.12. The molecule has 4 heteroatoms. The lowest BCUT2D eigenvalue weighted by atomic mass is 10.1. The molecule has 2 rings (SSSR count). The van der Waals surface area contributed by atoms with Gasteiger partial charge in [0.15, 0.2) is 9.84 Å². The molecule has 16 heavy (non-hydrogen) atoms. The first-order valence-corrected chi connectivity index (χ1v) is 6.67. The maximum atomic E-state index is 11.3. The average molecular weight is 233 g/mol. The number of benzene rings is 1. The van der Waals surface area contributed by atoms with Gasteiger partial charge in [-0.3, -0.25) is 4.98 Å². The van der Waals surface area contributed by atoms with E-state index in [0.29, 0.717) is 4.90 Å². The zero-order chi connectivity index (χ0) is 11.6. The normalized spacial score (nSPS) is 11.3. The lowest BCUT2D eigenvalue weighted by molar-refractivity contribution is 0.602. The van der Waals surface area contributed by atoms with Crippen molar-refractivity contribution in [3.63, 3.8) is 0 Å². The maximum absolute atomic E-state index is 11.3. The monoisotopic (exact) mass is 233 g/mol. The van der Waals surface area contributed by atoms with Gasteiger partial charge in [-0.05, 0) is 29.3 Å². The Morgan fingerprint density at radius 2 is 1.69 bits per heavy atom. The van der Waals surface area contributed by atoms with Gasteiger partial charge in [-0.1, -0.05) is 18.2 Å². The first-order chi connectivity index (χ1) is 7.57. The van der Waals surface area contributed by atoms with E-state index in [-0.39, 0.29) is 0 Å². The summed E-state index contributed by atoms with van der Waals surface area (Å²) in [6.07, 6.45) is 4.65. The van der Waals surface area contributed by atoms with Gasteiger partial charge in [0.2, 0.25) is 0 Å². The molecular formula is C12H11NO2S. The number of nitrogens with zero attached hydrogens (tertiary/aromatic N) is 1. The smallest absolute Gasteiger partial charge is 0.175 e. The van der Waals surface area contributed by atoms with E-state index >= 15 is 0 Å². The van der Waals surface area contributed by atoms with E-state index < -0.39 is 9.84 Å². The summed E-state index contributed by atoms with van der Waals surface area (Å²) in [5.74, 6) is 0. The van der Waals surface area contributed by atoms with Crippen LogP contribution in [0, 0.1) is 0 Å². The molecule has 0 N–H and O–H groups in total. The third kappa shape index (κ3) is 2.28. The number of hydrogen-bond acceptors (Lipinski definition) is 3. The summed E-state index contributed by atoms with van der Waals surface area (Å²) in [5.41, 5.74) is 1.93. The summed E-state index contributed by atoms with van der Waals surface area (Å²) in [5, 5.41) is 0. The molecule has 0 aliphatic rings. The van der Waals surface area contributed by atoms with Gasteiger partial charge in [0.05, 0.1) is 4.90 Å². The summed E-state index contributed by atoms with van der Waals surface area (Å²) in [4.78, 5) is 4.35. The second-order valence-corrected chi connectivity index (χ2v) is 5.55. The molecule has 0 bridgehead atoms. The van der Waals surface area contributed by atoms with Gasteiger partial charge in [0, 0.05) is 18.6 Å². The lowest BCUT2D eigenvalue weighted by Crippen LogP contribution is -1.96. The molecule has 0 amide bonds. The van der Waals surface area contributed by atoms with Crippen molar-refractivity contribution in [2.24, 2.45) is 0 Å². The third-order valence-corrected chi connectivity index (χ3v) is 3.41. The van der Waals surface area contributed by atoms with Gasteiger partial charge in [-0.25, -0.2) is 8.42 Å². The van der Waals surface area contributed by atoms with E-state index in [4.69, 9.17) is 0 Å². The Kier molecular flexibility index (Phi) is 2.75.